The van der Waals surface area contributed by atoms with Crippen LogP contribution in [0.3, 0.4) is 0 Å². The van der Waals surface area contributed by atoms with E-state index in [4.69, 9.17) is 13.7 Å². The minimum Gasteiger partial charge on any atom is -0.550 e. The van der Waals surface area contributed by atoms with Gasteiger partial charge in [-0.3, -0.25) is 0 Å². The summed E-state index contributed by atoms with van der Waals surface area (Å²) in [5, 5.41) is 0.202. The molecular formula is C14H29BO3Si. The van der Waals surface area contributed by atoms with Gasteiger partial charge in [-0.15, -0.1) is 0 Å². The normalized spacial score (nSPS) is 23.1. The van der Waals surface area contributed by atoms with Crippen LogP contribution in [-0.4, -0.2) is 26.6 Å². The number of rotatable bonds is 3. The fourth-order valence-corrected chi connectivity index (χ4v) is 2.19. The second kappa shape index (κ2) is 4.94. The van der Waals surface area contributed by atoms with Gasteiger partial charge in [0.1, 0.15) is 0 Å². The zero-order chi connectivity index (χ0) is 15.1. The molecule has 1 saturated heterocycles. The fourth-order valence-electron chi connectivity index (χ4n) is 1.42. The van der Waals surface area contributed by atoms with E-state index in [-0.39, 0.29) is 23.4 Å². The molecule has 1 fully saturated rings. The lowest BCUT2D eigenvalue weighted by atomic mass is 9.90. The van der Waals surface area contributed by atoms with Crippen LogP contribution in [0.2, 0.25) is 18.1 Å². The van der Waals surface area contributed by atoms with Crippen molar-refractivity contribution in [3.63, 3.8) is 0 Å². The monoisotopic (exact) mass is 284 g/mol. The van der Waals surface area contributed by atoms with Crippen LogP contribution in [0.25, 0.3) is 0 Å². The Balaban J connectivity index is 2.62. The maximum absolute atomic E-state index is 5.99. The third-order valence-electron chi connectivity index (χ3n) is 4.68. The summed E-state index contributed by atoms with van der Waals surface area (Å²) in [4.78, 5) is 0. The van der Waals surface area contributed by atoms with Crippen molar-refractivity contribution in [2.45, 2.75) is 77.8 Å². The summed E-state index contributed by atoms with van der Waals surface area (Å²) in [6.45, 7) is 19.3. The van der Waals surface area contributed by atoms with Crippen molar-refractivity contribution < 1.29 is 13.7 Å². The van der Waals surface area contributed by atoms with Gasteiger partial charge in [0.15, 0.2) is 0 Å². The van der Waals surface area contributed by atoms with Crippen LogP contribution in [0, 0.1) is 0 Å². The molecule has 3 nitrogen and oxygen atoms in total. The molecule has 0 unspecified atom stereocenters. The number of hydrogen-bond donors (Lipinski definition) is 0. The summed E-state index contributed by atoms with van der Waals surface area (Å²) in [5.41, 5.74) is -0.585. The van der Waals surface area contributed by atoms with Crippen molar-refractivity contribution in [1.29, 1.82) is 0 Å². The Kier molecular flexibility index (Phi) is 4.36. The summed E-state index contributed by atoms with van der Waals surface area (Å²) in [5.74, 6) is 1.87. The molecule has 0 saturated carbocycles. The van der Waals surface area contributed by atoms with Gasteiger partial charge in [-0.1, -0.05) is 20.8 Å². The molecule has 5 heteroatoms. The lowest BCUT2D eigenvalue weighted by Crippen LogP contribution is -2.41. The molecule has 1 rings (SSSR count). The van der Waals surface area contributed by atoms with Crippen LogP contribution >= 0.6 is 0 Å². The Hall–Kier alpha value is -0.258. The van der Waals surface area contributed by atoms with E-state index in [0.29, 0.717) is 0 Å². The van der Waals surface area contributed by atoms with Gasteiger partial charge < -0.3 is 13.7 Å². The lowest BCUT2D eigenvalue weighted by Gasteiger charge is -2.35. The van der Waals surface area contributed by atoms with Crippen LogP contribution in [0.1, 0.15) is 48.5 Å². The largest absolute Gasteiger partial charge is 0.550 e. The smallest absolute Gasteiger partial charge is 0.490 e. The standard InChI is InChI=1S/C14H29BO3Si/c1-12(2,3)19(8,9)16-11-10-15-17-13(4,5)14(6,7)18-15/h10-11H,1-9H3/b11-10+. The molecule has 0 atom stereocenters. The van der Waals surface area contributed by atoms with Gasteiger partial charge in [0, 0.05) is 0 Å². The van der Waals surface area contributed by atoms with E-state index in [0.717, 1.165) is 0 Å². The Morgan fingerprint density at radius 1 is 1.00 bits per heavy atom. The molecule has 0 N–H and O–H groups in total. The molecule has 1 heterocycles. The Morgan fingerprint density at radius 2 is 1.42 bits per heavy atom. The first-order chi connectivity index (χ1) is 8.29. The third-order valence-corrected chi connectivity index (χ3v) is 9.01. The van der Waals surface area contributed by atoms with E-state index < -0.39 is 8.32 Å². The van der Waals surface area contributed by atoms with Gasteiger partial charge in [0.05, 0.1) is 17.5 Å². The lowest BCUT2D eigenvalue weighted by molar-refractivity contribution is 0.00578. The molecule has 0 aliphatic carbocycles. The SMILES string of the molecule is CC1(C)OB(/C=C/O[Si](C)(C)C(C)(C)C)OC1(C)C. The van der Waals surface area contributed by atoms with E-state index in [1.807, 2.05) is 5.98 Å². The summed E-state index contributed by atoms with van der Waals surface area (Å²) in [6, 6.07) is 0. The van der Waals surface area contributed by atoms with Crippen molar-refractivity contribution in [2.75, 3.05) is 0 Å². The van der Waals surface area contributed by atoms with Crippen molar-refractivity contribution in [2.24, 2.45) is 0 Å². The summed E-state index contributed by atoms with van der Waals surface area (Å²) in [7, 11) is -2.07. The molecule has 0 aromatic rings. The summed E-state index contributed by atoms with van der Waals surface area (Å²) >= 11 is 0. The first-order valence-corrected chi connectivity index (χ1v) is 9.89. The first kappa shape index (κ1) is 16.8. The van der Waals surface area contributed by atoms with Crippen LogP contribution < -0.4 is 0 Å². The molecule has 0 aromatic carbocycles. The van der Waals surface area contributed by atoms with Gasteiger partial charge in [0.2, 0.25) is 8.32 Å². The average molecular weight is 284 g/mol. The third kappa shape index (κ3) is 3.64. The zero-order valence-electron chi connectivity index (χ0n) is 14.0. The second-order valence-electron chi connectivity index (χ2n) is 7.83. The first-order valence-electron chi connectivity index (χ1n) is 6.99. The highest BCUT2D eigenvalue weighted by Gasteiger charge is 2.50. The van der Waals surface area contributed by atoms with E-state index in [2.05, 4.69) is 61.6 Å². The van der Waals surface area contributed by atoms with Crippen molar-refractivity contribution in [3.05, 3.63) is 12.2 Å². The average Bonchev–Trinajstić information content (AvgIpc) is 2.32. The predicted molar refractivity (Wildman–Crippen MR) is 83.5 cm³/mol. The molecule has 110 valence electrons. The van der Waals surface area contributed by atoms with Crippen molar-refractivity contribution >= 4 is 15.4 Å². The van der Waals surface area contributed by atoms with Crippen LogP contribution in [0.5, 0.6) is 0 Å². The van der Waals surface area contributed by atoms with Gasteiger partial charge in [-0.2, -0.15) is 0 Å². The predicted octanol–water partition coefficient (Wildman–Crippen LogP) is 4.15. The number of hydrogen-bond acceptors (Lipinski definition) is 3. The van der Waals surface area contributed by atoms with Crippen molar-refractivity contribution in [1.82, 2.24) is 0 Å². The minimum absolute atomic E-state index is 0.202. The van der Waals surface area contributed by atoms with Crippen LogP contribution in [0.15, 0.2) is 12.2 Å². The van der Waals surface area contributed by atoms with Gasteiger partial charge >= 0.3 is 7.12 Å². The Labute approximate surface area is 120 Å². The van der Waals surface area contributed by atoms with Crippen LogP contribution in [-0.2, 0) is 13.7 Å². The highest BCUT2D eigenvalue weighted by atomic mass is 28.4. The van der Waals surface area contributed by atoms with Gasteiger partial charge in [-0.25, -0.2) is 0 Å². The Bertz CT molecular complexity index is 340. The van der Waals surface area contributed by atoms with Crippen molar-refractivity contribution in [3.8, 4) is 0 Å². The molecule has 0 spiro atoms. The summed E-state index contributed by atoms with van der Waals surface area (Å²) in [6.07, 6.45) is 1.76. The minimum atomic E-state index is -1.75. The van der Waals surface area contributed by atoms with E-state index in [1.54, 1.807) is 6.26 Å². The molecule has 0 amide bonds. The maximum atomic E-state index is 5.99. The topological polar surface area (TPSA) is 27.7 Å². The highest BCUT2D eigenvalue weighted by Crippen LogP contribution is 2.38. The Morgan fingerprint density at radius 3 is 1.79 bits per heavy atom. The quantitative estimate of drug-likeness (QED) is 0.575. The molecule has 19 heavy (non-hydrogen) atoms. The zero-order valence-corrected chi connectivity index (χ0v) is 15.0. The molecule has 0 aromatic heterocycles. The molecule has 1 aliphatic heterocycles. The highest BCUT2D eigenvalue weighted by molar-refractivity contribution is 6.74. The fraction of sp³-hybridized carbons (Fsp3) is 0.857. The second-order valence-corrected chi connectivity index (χ2v) is 12.6. The molecule has 0 radical (unpaired) electrons. The van der Waals surface area contributed by atoms with E-state index in [9.17, 15) is 0 Å². The molecule has 1 aliphatic rings. The van der Waals surface area contributed by atoms with E-state index >= 15 is 0 Å². The van der Waals surface area contributed by atoms with Gasteiger partial charge in [-0.05, 0) is 51.8 Å². The van der Waals surface area contributed by atoms with E-state index in [1.165, 1.54) is 0 Å². The maximum Gasteiger partial charge on any atom is 0.490 e. The molecule has 0 bridgehead atoms. The van der Waals surface area contributed by atoms with Crippen LogP contribution in [0.4, 0.5) is 0 Å². The molecular weight excluding hydrogens is 255 g/mol. The summed E-state index contributed by atoms with van der Waals surface area (Å²) < 4.78 is 17.8. The van der Waals surface area contributed by atoms with Gasteiger partial charge in [0.25, 0.3) is 0 Å².